The van der Waals surface area contributed by atoms with E-state index < -0.39 is 0 Å². The lowest BCUT2D eigenvalue weighted by molar-refractivity contribution is 0.0790. The maximum atomic E-state index is 12.1. The number of aromatic nitrogens is 2. The summed E-state index contributed by atoms with van der Waals surface area (Å²) in [5.41, 5.74) is 1.73. The topological polar surface area (TPSA) is 69.9 Å². The molecule has 2 aromatic heterocycles. The summed E-state index contributed by atoms with van der Waals surface area (Å²) in [5.74, 6) is -0.162. The highest BCUT2D eigenvalue weighted by Crippen LogP contribution is 2.04. The van der Waals surface area contributed by atoms with Crippen molar-refractivity contribution in [2.24, 2.45) is 0 Å². The Balaban J connectivity index is 1.96. The van der Waals surface area contributed by atoms with Crippen molar-refractivity contribution in [3.8, 4) is 6.07 Å². The average molecular weight is 266 g/mol. The Morgan fingerprint density at radius 2 is 2.15 bits per heavy atom. The molecule has 1 amide bonds. The number of pyridine rings is 2. The van der Waals surface area contributed by atoms with Crippen LogP contribution in [0.1, 0.15) is 21.7 Å². The number of nitrogens with zero attached hydrogens (tertiary/aromatic N) is 4. The van der Waals surface area contributed by atoms with E-state index in [0.29, 0.717) is 24.2 Å². The molecule has 0 aliphatic heterocycles. The Hall–Kier alpha value is -2.74. The maximum Gasteiger partial charge on any atom is 0.272 e. The molecule has 0 unspecified atom stereocenters. The second-order valence-corrected chi connectivity index (χ2v) is 4.34. The van der Waals surface area contributed by atoms with E-state index in [-0.39, 0.29) is 5.91 Å². The van der Waals surface area contributed by atoms with Crippen molar-refractivity contribution in [3.63, 3.8) is 0 Å². The Kier molecular flexibility index (Phi) is 4.40. The second kappa shape index (κ2) is 6.43. The maximum absolute atomic E-state index is 12.1. The lowest BCUT2D eigenvalue weighted by Crippen LogP contribution is -2.29. The minimum absolute atomic E-state index is 0.162. The molecule has 0 bridgehead atoms. The molecule has 2 heterocycles. The SMILES string of the molecule is CN(CCc1ccccn1)C(=O)c1ccc(C#N)cn1. The number of carbonyl (C=O) groups is 1. The van der Waals surface area contributed by atoms with Crippen LogP contribution in [0, 0.1) is 11.3 Å². The standard InChI is InChI=1S/C15H14N4O/c1-19(9-7-13-4-2-3-8-17-13)15(20)14-6-5-12(10-16)11-18-14/h2-6,8,11H,7,9H2,1H3. The smallest absolute Gasteiger partial charge is 0.272 e. The Bertz CT molecular complexity index is 617. The monoisotopic (exact) mass is 266 g/mol. The van der Waals surface area contributed by atoms with Crippen LogP contribution in [0.15, 0.2) is 42.7 Å². The summed E-state index contributed by atoms with van der Waals surface area (Å²) in [6.45, 7) is 0.567. The molecule has 5 nitrogen and oxygen atoms in total. The molecule has 0 aromatic carbocycles. The molecule has 0 aliphatic carbocycles. The van der Waals surface area contributed by atoms with E-state index in [1.807, 2.05) is 24.3 Å². The lowest BCUT2D eigenvalue weighted by atomic mass is 10.2. The van der Waals surface area contributed by atoms with Crippen molar-refractivity contribution in [2.45, 2.75) is 6.42 Å². The van der Waals surface area contributed by atoms with Gasteiger partial charge in [0.15, 0.2) is 0 Å². The number of hydrogen-bond acceptors (Lipinski definition) is 4. The summed E-state index contributed by atoms with van der Waals surface area (Å²) in [6, 6.07) is 10.8. The van der Waals surface area contributed by atoms with Gasteiger partial charge in [-0.2, -0.15) is 5.26 Å². The van der Waals surface area contributed by atoms with Gasteiger partial charge >= 0.3 is 0 Å². The van der Waals surface area contributed by atoms with E-state index in [0.717, 1.165) is 5.69 Å². The molecule has 0 aliphatic rings. The first-order valence-corrected chi connectivity index (χ1v) is 6.22. The third kappa shape index (κ3) is 3.39. The summed E-state index contributed by atoms with van der Waals surface area (Å²) >= 11 is 0. The number of likely N-dealkylation sites (N-methyl/N-ethyl adjacent to an activating group) is 1. The van der Waals surface area contributed by atoms with Gasteiger partial charge in [0.1, 0.15) is 11.8 Å². The van der Waals surface area contributed by atoms with Crippen molar-refractivity contribution in [1.82, 2.24) is 14.9 Å². The fourth-order valence-corrected chi connectivity index (χ4v) is 1.71. The molecule has 20 heavy (non-hydrogen) atoms. The molecule has 100 valence electrons. The van der Waals surface area contributed by atoms with Gasteiger partial charge in [0.05, 0.1) is 5.56 Å². The van der Waals surface area contributed by atoms with E-state index in [9.17, 15) is 4.79 Å². The number of nitriles is 1. The highest BCUT2D eigenvalue weighted by molar-refractivity contribution is 5.92. The fraction of sp³-hybridized carbons (Fsp3) is 0.200. The molecule has 0 radical (unpaired) electrons. The Morgan fingerprint density at radius 3 is 2.75 bits per heavy atom. The van der Waals surface area contributed by atoms with Crippen molar-refractivity contribution in [3.05, 3.63) is 59.7 Å². The number of rotatable bonds is 4. The van der Waals surface area contributed by atoms with Crippen LogP contribution >= 0.6 is 0 Å². The highest BCUT2D eigenvalue weighted by Gasteiger charge is 2.12. The second-order valence-electron chi connectivity index (χ2n) is 4.34. The highest BCUT2D eigenvalue weighted by atomic mass is 16.2. The minimum atomic E-state index is -0.162. The summed E-state index contributed by atoms with van der Waals surface area (Å²) < 4.78 is 0. The normalized spacial score (nSPS) is 9.80. The number of hydrogen-bond donors (Lipinski definition) is 0. The Morgan fingerprint density at radius 1 is 1.30 bits per heavy atom. The molecule has 2 aromatic rings. The van der Waals surface area contributed by atoms with Crippen LogP contribution < -0.4 is 0 Å². The van der Waals surface area contributed by atoms with Gasteiger partial charge in [-0.05, 0) is 24.3 Å². The van der Waals surface area contributed by atoms with Crippen molar-refractivity contribution in [2.75, 3.05) is 13.6 Å². The zero-order valence-electron chi connectivity index (χ0n) is 11.2. The predicted molar refractivity (Wildman–Crippen MR) is 73.9 cm³/mol. The van der Waals surface area contributed by atoms with Crippen LogP contribution in [0.25, 0.3) is 0 Å². The van der Waals surface area contributed by atoms with Crippen molar-refractivity contribution >= 4 is 5.91 Å². The third-order valence-corrected chi connectivity index (χ3v) is 2.89. The van der Waals surface area contributed by atoms with E-state index in [2.05, 4.69) is 9.97 Å². The van der Waals surface area contributed by atoms with E-state index in [4.69, 9.17) is 5.26 Å². The Labute approximate surface area is 117 Å². The third-order valence-electron chi connectivity index (χ3n) is 2.89. The number of amides is 1. The van der Waals surface area contributed by atoms with Crippen molar-refractivity contribution in [1.29, 1.82) is 5.26 Å². The van der Waals surface area contributed by atoms with E-state index in [1.165, 1.54) is 6.20 Å². The molecule has 0 fully saturated rings. The van der Waals surface area contributed by atoms with Crippen LogP contribution in [0.5, 0.6) is 0 Å². The van der Waals surface area contributed by atoms with Crippen LogP contribution in [-0.4, -0.2) is 34.4 Å². The van der Waals surface area contributed by atoms with Crippen LogP contribution in [0.3, 0.4) is 0 Å². The molecule has 0 saturated carbocycles. The fourth-order valence-electron chi connectivity index (χ4n) is 1.71. The average Bonchev–Trinajstić information content (AvgIpc) is 2.53. The van der Waals surface area contributed by atoms with Gasteiger partial charge in [-0.25, -0.2) is 4.98 Å². The molecule has 0 atom stereocenters. The summed E-state index contributed by atoms with van der Waals surface area (Å²) in [6.07, 6.45) is 3.83. The van der Waals surface area contributed by atoms with Crippen molar-refractivity contribution < 1.29 is 4.79 Å². The molecule has 0 N–H and O–H groups in total. The van der Waals surface area contributed by atoms with E-state index in [1.54, 1.807) is 30.3 Å². The zero-order valence-corrected chi connectivity index (χ0v) is 11.2. The largest absolute Gasteiger partial charge is 0.340 e. The van der Waals surface area contributed by atoms with Gasteiger partial charge in [-0.3, -0.25) is 9.78 Å². The molecule has 0 spiro atoms. The molecular formula is C15H14N4O. The van der Waals surface area contributed by atoms with Crippen LogP contribution in [0.4, 0.5) is 0 Å². The van der Waals surface area contributed by atoms with Gasteiger partial charge < -0.3 is 4.90 Å². The molecule has 0 saturated heterocycles. The lowest BCUT2D eigenvalue weighted by Gasteiger charge is -2.16. The van der Waals surface area contributed by atoms with Crippen LogP contribution in [0.2, 0.25) is 0 Å². The predicted octanol–water partition coefficient (Wildman–Crippen LogP) is 1.66. The first-order chi connectivity index (χ1) is 9.70. The molecular weight excluding hydrogens is 252 g/mol. The summed E-state index contributed by atoms with van der Waals surface area (Å²) in [4.78, 5) is 21.9. The van der Waals surface area contributed by atoms with Gasteiger partial charge in [-0.1, -0.05) is 6.07 Å². The van der Waals surface area contributed by atoms with Gasteiger partial charge in [0.2, 0.25) is 0 Å². The zero-order chi connectivity index (χ0) is 14.4. The first kappa shape index (κ1) is 13.7. The van der Waals surface area contributed by atoms with Crippen LogP contribution in [-0.2, 0) is 6.42 Å². The van der Waals surface area contributed by atoms with Gasteiger partial charge in [-0.15, -0.1) is 0 Å². The van der Waals surface area contributed by atoms with E-state index >= 15 is 0 Å². The minimum Gasteiger partial charge on any atom is -0.340 e. The number of carbonyl (C=O) groups excluding carboxylic acids is 1. The quantitative estimate of drug-likeness (QED) is 0.844. The molecule has 2 rings (SSSR count). The molecule has 5 heteroatoms. The summed E-state index contributed by atoms with van der Waals surface area (Å²) in [5, 5.41) is 8.69. The first-order valence-electron chi connectivity index (χ1n) is 6.22. The van der Waals surface area contributed by atoms with Gasteiger partial charge in [0, 0.05) is 38.1 Å². The van der Waals surface area contributed by atoms with Gasteiger partial charge in [0.25, 0.3) is 5.91 Å². The summed E-state index contributed by atoms with van der Waals surface area (Å²) in [7, 11) is 1.73.